The summed E-state index contributed by atoms with van der Waals surface area (Å²) in [5.41, 5.74) is 0. The lowest BCUT2D eigenvalue weighted by atomic mass is 10.1. The Kier molecular flexibility index (Phi) is 5.69. The number of aromatic nitrogens is 3. The third kappa shape index (κ3) is 4.17. The van der Waals surface area contributed by atoms with Gasteiger partial charge in [-0.15, -0.1) is 10.2 Å². The number of hydrogen-bond acceptors (Lipinski definition) is 5. The fraction of sp³-hybridized carbons (Fsp3) is 0.833. The summed E-state index contributed by atoms with van der Waals surface area (Å²) >= 11 is 0. The molecular weight excluding hydrogens is 332 g/mol. The van der Waals surface area contributed by atoms with Crippen molar-refractivity contribution < 1.29 is 9.53 Å². The number of carbonyl (C=O) groups excluding carboxylic acids is 1. The summed E-state index contributed by atoms with van der Waals surface area (Å²) in [6.45, 7) is 7.80. The van der Waals surface area contributed by atoms with Crippen LogP contribution in [0.3, 0.4) is 0 Å². The number of aryl methyl sites for hydroxylation is 1. The molecular formula is C18H30N6O2. The van der Waals surface area contributed by atoms with Crippen molar-refractivity contribution in [2.75, 3.05) is 45.9 Å². The Morgan fingerprint density at radius 3 is 2.81 bits per heavy atom. The van der Waals surface area contributed by atoms with Crippen LogP contribution in [0.2, 0.25) is 0 Å². The maximum Gasteiger partial charge on any atom is 0.317 e. The van der Waals surface area contributed by atoms with E-state index in [4.69, 9.17) is 4.74 Å². The number of ether oxygens (including phenoxy) is 1. The number of fused-ring (bicyclic) bond motifs is 1. The molecule has 8 nitrogen and oxygen atoms in total. The molecule has 0 aromatic carbocycles. The highest BCUT2D eigenvalue weighted by molar-refractivity contribution is 5.74. The number of rotatable bonds is 4. The molecule has 3 aliphatic heterocycles. The maximum atomic E-state index is 12.5. The van der Waals surface area contributed by atoms with Crippen LogP contribution in [-0.2, 0) is 24.2 Å². The Morgan fingerprint density at radius 2 is 2.00 bits per heavy atom. The van der Waals surface area contributed by atoms with Crippen LogP contribution in [0.15, 0.2) is 0 Å². The second-order valence-electron chi connectivity index (χ2n) is 7.67. The van der Waals surface area contributed by atoms with Crippen LogP contribution in [0.25, 0.3) is 0 Å². The number of carbonyl (C=O) groups is 1. The zero-order chi connectivity index (χ0) is 17.8. The van der Waals surface area contributed by atoms with Crippen LogP contribution in [0, 0.1) is 5.92 Å². The Balaban J connectivity index is 1.22. The molecule has 4 heterocycles. The number of piperazine rings is 1. The molecule has 2 saturated heterocycles. The fourth-order valence-corrected chi connectivity index (χ4v) is 4.17. The maximum absolute atomic E-state index is 12.5. The van der Waals surface area contributed by atoms with Crippen molar-refractivity contribution in [2.45, 2.75) is 45.2 Å². The summed E-state index contributed by atoms with van der Waals surface area (Å²) < 4.78 is 7.65. The van der Waals surface area contributed by atoms with Gasteiger partial charge in [0.05, 0.1) is 13.2 Å². The monoisotopic (exact) mass is 362 g/mol. The first-order chi connectivity index (χ1) is 12.8. The third-order valence-corrected chi connectivity index (χ3v) is 5.78. The van der Waals surface area contributed by atoms with Gasteiger partial charge in [0, 0.05) is 52.3 Å². The van der Waals surface area contributed by atoms with Gasteiger partial charge in [0.1, 0.15) is 5.82 Å². The van der Waals surface area contributed by atoms with Gasteiger partial charge in [-0.1, -0.05) is 6.42 Å². The van der Waals surface area contributed by atoms with Gasteiger partial charge in [-0.3, -0.25) is 4.90 Å². The molecule has 0 saturated carbocycles. The van der Waals surface area contributed by atoms with E-state index in [1.807, 2.05) is 4.90 Å². The predicted molar refractivity (Wildman–Crippen MR) is 96.8 cm³/mol. The summed E-state index contributed by atoms with van der Waals surface area (Å²) in [4.78, 5) is 16.9. The fourth-order valence-electron chi connectivity index (χ4n) is 4.17. The zero-order valence-corrected chi connectivity index (χ0v) is 15.5. The lowest BCUT2D eigenvalue weighted by molar-refractivity contribution is 0.119. The Hall–Kier alpha value is -1.67. The molecule has 3 aliphatic rings. The highest BCUT2D eigenvalue weighted by atomic mass is 16.5. The molecule has 1 aromatic heterocycles. The molecule has 8 heteroatoms. The molecule has 144 valence electrons. The van der Waals surface area contributed by atoms with Gasteiger partial charge in [0.25, 0.3) is 0 Å². The number of nitrogens with zero attached hydrogens (tertiary/aromatic N) is 5. The van der Waals surface area contributed by atoms with Crippen LogP contribution in [-0.4, -0.2) is 76.5 Å². The smallest absolute Gasteiger partial charge is 0.317 e. The van der Waals surface area contributed by atoms with Crippen molar-refractivity contribution in [3.63, 3.8) is 0 Å². The molecule has 26 heavy (non-hydrogen) atoms. The van der Waals surface area contributed by atoms with Crippen molar-refractivity contribution in [3.05, 3.63) is 11.6 Å². The van der Waals surface area contributed by atoms with E-state index in [-0.39, 0.29) is 6.03 Å². The highest BCUT2D eigenvalue weighted by Gasteiger charge is 2.25. The van der Waals surface area contributed by atoms with E-state index < -0.39 is 0 Å². The molecule has 0 aliphatic carbocycles. The van der Waals surface area contributed by atoms with E-state index in [1.54, 1.807) is 0 Å². The summed E-state index contributed by atoms with van der Waals surface area (Å²) in [6.07, 6.45) is 5.76. The standard InChI is InChI=1S/C18H30N6O2/c25-18(19-12-17-21-20-16-4-2-1-3-6-24(16)17)23-9-7-22(8-10-23)13-15-5-11-26-14-15/h15H,1-14H2,(H,19,25). The average molecular weight is 362 g/mol. The molecule has 1 N–H and O–H groups in total. The van der Waals surface area contributed by atoms with Gasteiger partial charge < -0.3 is 19.5 Å². The third-order valence-electron chi connectivity index (χ3n) is 5.78. The minimum Gasteiger partial charge on any atom is -0.381 e. The topological polar surface area (TPSA) is 75.5 Å². The van der Waals surface area contributed by atoms with Crippen LogP contribution in [0.4, 0.5) is 4.79 Å². The van der Waals surface area contributed by atoms with Crippen molar-refractivity contribution >= 4 is 6.03 Å². The minimum absolute atomic E-state index is 0.0137. The second-order valence-corrected chi connectivity index (χ2v) is 7.67. The first-order valence-electron chi connectivity index (χ1n) is 10.0. The van der Waals surface area contributed by atoms with Crippen molar-refractivity contribution in [2.24, 2.45) is 5.92 Å². The molecule has 2 amide bonds. The van der Waals surface area contributed by atoms with Crippen LogP contribution >= 0.6 is 0 Å². The van der Waals surface area contributed by atoms with Gasteiger partial charge >= 0.3 is 6.03 Å². The van der Waals surface area contributed by atoms with Gasteiger partial charge in [0.15, 0.2) is 5.82 Å². The summed E-state index contributed by atoms with van der Waals surface area (Å²) in [5, 5.41) is 11.6. The van der Waals surface area contributed by atoms with Crippen LogP contribution in [0.1, 0.15) is 37.3 Å². The molecule has 1 atom stereocenters. The van der Waals surface area contributed by atoms with Crippen LogP contribution in [0.5, 0.6) is 0 Å². The van der Waals surface area contributed by atoms with E-state index in [2.05, 4.69) is 25.0 Å². The van der Waals surface area contributed by atoms with Gasteiger partial charge in [0.2, 0.25) is 0 Å². The number of amides is 2. The van der Waals surface area contributed by atoms with E-state index in [0.29, 0.717) is 12.5 Å². The second kappa shape index (κ2) is 8.35. The molecule has 4 rings (SSSR count). The SMILES string of the molecule is O=C(NCc1nnc2n1CCCCC2)N1CCN(CC2CCOC2)CC1. The quantitative estimate of drug-likeness (QED) is 0.860. The number of urea groups is 1. The van der Waals surface area contributed by atoms with Crippen LogP contribution < -0.4 is 5.32 Å². The summed E-state index contributed by atoms with van der Waals surface area (Å²) in [5.74, 6) is 2.62. The van der Waals surface area contributed by atoms with Gasteiger partial charge in [-0.2, -0.15) is 0 Å². The van der Waals surface area contributed by atoms with Crippen molar-refractivity contribution in [3.8, 4) is 0 Å². The zero-order valence-electron chi connectivity index (χ0n) is 15.5. The number of hydrogen-bond donors (Lipinski definition) is 1. The van der Waals surface area contributed by atoms with E-state index in [1.165, 1.54) is 25.7 Å². The van der Waals surface area contributed by atoms with E-state index in [0.717, 1.165) is 70.6 Å². The first-order valence-corrected chi connectivity index (χ1v) is 10.0. The van der Waals surface area contributed by atoms with Gasteiger partial charge in [-0.25, -0.2) is 4.79 Å². The van der Waals surface area contributed by atoms with E-state index in [9.17, 15) is 4.79 Å². The first kappa shape index (κ1) is 17.7. The minimum atomic E-state index is 0.0137. The Labute approximate surface area is 154 Å². The lowest BCUT2D eigenvalue weighted by Crippen LogP contribution is -2.52. The Bertz CT molecular complexity index is 605. The molecule has 1 unspecified atom stereocenters. The summed E-state index contributed by atoms with van der Waals surface area (Å²) in [7, 11) is 0. The van der Waals surface area contributed by atoms with Crippen molar-refractivity contribution in [1.29, 1.82) is 0 Å². The molecule has 0 spiro atoms. The van der Waals surface area contributed by atoms with Crippen molar-refractivity contribution in [1.82, 2.24) is 29.9 Å². The molecule has 0 radical (unpaired) electrons. The normalized spacial score (nSPS) is 24.3. The molecule has 1 aromatic rings. The van der Waals surface area contributed by atoms with E-state index >= 15 is 0 Å². The van der Waals surface area contributed by atoms with Gasteiger partial charge in [-0.05, 0) is 25.2 Å². The predicted octanol–water partition coefficient (Wildman–Crippen LogP) is 0.868. The Morgan fingerprint density at radius 1 is 1.12 bits per heavy atom. The largest absolute Gasteiger partial charge is 0.381 e. The highest BCUT2D eigenvalue weighted by Crippen LogP contribution is 2.16. The molecule has 0 bridgehead atoms. The lowest BCUT2D eigenvalue weighted by Gasteiger charge is -2.35. The number of nitrogens with one attached hydrogen (secondary N) is 1. The average Bonchev–Trinajstić information content (AvgIpc) is 3.24. The summed E-state index contributed by atoms with van der Waals surface area (Å²) in [6, 6.07) is 0.0137. The molecule has 2 fully saturated rings.